The van der Waals surface area contributed by atoms with Crippen LogP contribution in [0.1, 0.15) is 46.5 Å². The topological polar surface area (TPSA) is 15.3 Å². The molecule has 0 bridgehead atoms. The molecule has 2 rings (SSSR count). The molecule has 0 aromatic carbocycles. The Kier molecular flexibility index (Phi) is 5.84. The van der Waals surface area contributed by atoms with E-state index < -0.39 is 0 Å². The number of rotatable bonds is 5. The number of likely N-dealkylation sites (tertiary alicyclic amines) is 1. The average Bonchev–Trinajstić information content (AvgIpc) is 2.85. The fourth-order valence-corrected chi connectivity index (χ4v) is 4.49. The van der Waals surface area contributed by atoms with Crippen LogP contribution in [0.3, 0.4) is 0 Å². The third-order valence-electron chi connectivity index (χ3n) is 4.58. The highest BCUT2D eigenvalue weighted by atomic mass is 32.2. The van der Waals surface area contributed by atoms with Gasteiger partial charge in [-0.25, -0.2) is 0 Å². The van der Waals surface area contributed by atoms with Crippen molar-refractivity contribution >= 4 is 11.8 Å². The lowest BCUT2D eigenvalue weighted by atomic mass is 10.0. The molecule has 1 N–H and O–H groups in total. The zero-order valence-electron chi connectivity index (χ0n) is 12.3. The van der Waals surface area contributed by atoms with E-state index in [1.807, 2.05) is 0 Å². The Bertz CT molecular complexity index is 239. The van der Waals surface area contributed by atoms with Crippen LogP contribution in [0, 0.1) is 5.92 Å². The minimum absolute atomic E-state index is 0.742. The lowest BCUT2D eigenvalue weighted by Gasteiger charge is -2.35. The molecule has 2 nitrogen and oxygen atoms in total. The predicted molar refractivity (Wildman–Crippen MR) is 82.4 cm³/mol. The van der Waals surface area contributed by atoms with Gasteiger partial charge in [0.2, 0.25) is 0 Å². The summed E-state index contributed by atoms with van der Waals surface area (Å²) in [4.78, 5) is 2.71. The average molecular weight is 270 g/mol. The lowest BCUT2D eigenvalue weighted by Crippen LogP contribution is -2.49. The first-order chi connectivity index (χ1) is 8.68. The van der Waals surface area contributed by atoms with Crippen molar-refractivity contribution in [1.82, 2.24) is 10.2 Å². The van der Waals surface area contributed by atoms with Gasteiger partial charge in [0.1, 0.15) is 0 Å². The molecule has 2 aliphatic rings. The molecule has 0 spiro atoms. The predicted octanol–water partition coefficient (Wildman–Crippen LogP) is 2.98. The van der Waals surface area contributed by atoms with Gasteiger partial charge in [-0.3, -0.25) is 4.90 Å². The molecule has 2 saturated heterocycles. The number of hydrogen-bond acceptors (Lipinski definition) is 3. The first-order valence-electron chi connectivity index (χ1n) is 7.77. The van der Waals surface area contributed by atoms with Crippen molar-refractivity contribution in [2.45, 2.75) is 63.8 Å². The number of nitrogens with zero attached hydrogens (tertiary/aromatic N) is 1. The maximum Gasteiger partial charge on any atom is 0.0243 e. The van der Waals surface area contributed by atoms with Crippen molar-refractivity contribution in [3.05, 3.63) is 0 Å². The zero-order chi connectivity index (χ0) is 13.0. The second-order valence-electron chi connectivity index (χ2n) is 6.29. The van der Waals surface area contributed by atoms with Crippen LogP contribution in [-0.2, 0) is 0 Å². The largest absolute Gasteiger partial charge is 0.311 e. The number of hydrogen-bond donors (Lipinski definition) is 1. The summed E-state index contributed by atoms with van der Waals surface area (Å²) < 4.78 is 0. The summed E-state index contributed by atoms with van der Waals surface area (Å²) in [6, 6.07) is 1.49. The Morgan fingerprint density at radius 1 is 1.22 bits per heavy atom. The molecule has 0 aromatic rings. The van der Waals surface area contributed by atoms with E-state index >= 15 is 0 Å². The highest BCUT2D eigenvalue weighted by Gasteiger charge is 2.27. The monoisotopic (exact) mass is 270 g/mol. The van der Waals surface area contributed by atoms with Crippen LogP contribution in [0.2, 0.25) is 0 Å². The molecule has 0 amide bonds. The fourth-order valence-electron chi connectivity index (χ4n) is 3.32. The third kappa shape index (κ3) is 3.88. The lowest BCUT2D eigenvalue weighted by molar-refractivity contribution is 0.180. The molecular weight excluding hydrogens is 240 g/mol. The van der Waals surface area contributed by atoms with E-state index in [0.29, 0.717) is 0 Å². The Hall–Kier alpha value is 0.270. The summed E-state index contributed by atoms with van der Waals surface area (Å²) in [5.74, 6) is 2.13. The van der Waals surface area contributed by atoms with Gasteiger partial charge in [-0.15, -0.1) is 0 Å². The van der Waals surface area contributed by atoms with E-state index in [1.54, 1.807) is 0 Å². The SMILES string of the molecule is CC(C)C(CNC1CCCSC1C)N1CCCC1. The highest BCUT2D eigenvalue weighted by molar-refractivity contribution is 7.99. The van der Waals surface area contributed by atoms with Crippen molar-refractivity contribution in [3.8, 4) is 0 Å². The van der Waals surface area contributed by atoms with Gasteiger partial charge in [-0.05, 0) is 50.4 Å². The standard InChI is InChI=1S/C15H30N2S/c1-12(2)15(17-8-4-5-9-17)11-16-14-7-6-10-18-13(14)3/h12-16H,4-11H2,1-3H3. The first kappa shape index (κ1) is 14.7. The van der Waals surface area contributed by atoms with E-state index in [0.717, 1.165) is 23.3 Å². The van der Waals surface area contributed by atoms with Crippen LogP contribution in [0.5, 0.6) is 0 Å². The molecule has 2 fully saturated rings. The molecule has 3 unspecified atom stereocenters. The smallest absolute Gasteiger partial charge is 0.0243 e. The Morgan fingerprint density at radius 2 is 1.94 bits per heavy atom. The van der Waals surface area contributed by atoms with Crippen molar-refractivity contribution in [2.24, 2.45) is 5.92 Å². The molecule has 3 heteroatoms. The Balaban J connectivity index is 1.81. The maximum atomic E-state index is 3.87. The van der Waals surface area contributed by atoms with E-state index in [-0.39, 0.29) is 0 Å². The minimum atomic E-state index is 0.742. The minimum Gasteiger partial charge on any atom is -0.311 e. The van der Waals surface area contributed by atoms with E-state index in [4.69, 9.17) is 0 Å². The van der Waals surface area contributed by atoms with E-state index in [9.17, 15) is 0 Å². The normalized spacial score (nSPS) is 32.0. The molecule has 3 atom stereocenters. The van der Waals surface area contributed by atoms with Gasteiger partial charge < -0.3 is 5.32 Å². The van der Waals surface area contributed by atoms with Crippen molar-refractivity contribution in [3.63, 3.8) is 0 Å². The number of nitrogens with one attached hydrogen (secondary N) is 1. The van der Waals surface area contributed by atoms with Crippen LogP contribution in [0.15, 0.2) is 0 Å². The molecule has 2 aliphatic heterocycles. The van der Waals surface area contributed by atoms with Gasteiger partial charge in [0.15, 0.2) is 0 Å². The molecule has 0 saturated carbocycles. The van der Waals surface area contributed by atoms with Gasteiger partial charge in [0, 0.05) is 23.9 Å². The van der Waals surface area contributed by atoms with Crippen LogP contribution in [-0.4, -0.2) is 47.6 Å². The summed E-state index contributed by atoms with van der Waals surface area (Å²) in [6.07, 6.45) is 5.57. The maximum absolute atomic E-state index is 3.87. The molecule has 0 radical (unpaired) electrons. The number of thioether (sulfide) groups is 1. The Labute approximate surface area is 117 Å². The second kappa shape index (κ2) is 7.16. The highest BCUT2D eigenvalue weighted by Crippen LogP contribution is 2.25. The summed E-state index contributed by atoms with van der Waals surface area (Å²) in [5, 5.41) is 4.66. The Morgan fingerprint density at radius 3 is 2.56 bits per heavy atom. The van der Waals surface area contributed by atoms with Crippen LogP contribution >= 0.6 is 11.8 Å². The van der Waals surface area contributed by atoms with E-state index in [2.05, 4.69) is 42.7 Å². The zero-order valence-corrected chi connectivity index (χ0v) is 13.1. The van der Waals surface area contributed by atoms with Crippen LogP contribution < -0.4 is 5.32 Å². The molecule has 0 aliphatic carbocycles. The van der Waals surface area contributed by atoms with Gasteiger partial charge in [0.05, 0.1) is 0 Å². The molecular formula is C15H30N2S. The van der Waals surface area contributed by atoms with Crippen molar-refractivity contribution in [2.75, 3.05) is 25.4 Å². The summed E-state index contributed by atoms with van der Waals surface area (Å²) >= 11 is 2.14. The molecule has 106 valence electrons. The third-order valence-corrected chi connectivity index (χ3v) is 5.95. The van der Waals surface area contributed by atoms with E-state index in [1.165, 1.54) is 51.1 Å². The molecule has 18 heavy (non-hydrogen) atoms. The van der Waals surface area contributed by atoms with Crippen molar-refractivity contribution < 1.29 is 0 Å². The summed E-state index contributed by atoms with van der Waals surface area (Å²) in [5.41, 5.74) is 0. The first-order valence-corrected chi connectivity index (χ1v) is 8.82. The van der Waals surface area contributed by atoms with Crippen LogP contribution in [0.25, 0.3) is 0 Å². The molecule has 2 heterocycles. The molecule has 0 aromatic heterocycles. The van der Waals surface area contributed by atoms with Gasteiger partial charge in [0.25, 0.3) is 0 Å². The fraction of sp³-hybridized carbons (Fsp3) is 1.00. The van der Waals surface area contributed by atoms with Crippen molar-refractivity contribution in [1.29, 1.82) is 0 Å². The summed E-state index contributed by atoms with van der Waals surface area (Å²) in [7, 11) is 0. The van der Waals surface area contributed by atoms with Gasteiger partial charge in [-0.2, -0.15) is 11.8 Å². The quantitative estimate of drug-likeness (QED) is 0.827. The van der Waals surface area contributed by atoms with Gasteiger partial charge in [-0.1, -0.05) is 20.8 Å². The van der Waals surface area contributed by atoms with Crippen LogP contribution in [0.4, 0.5) is 0 Å². The second-order valence-corrected chi connectivity index (χ2v) is 7.77. The summed E-state index contributed by atoms with van der Waals surface area (Å²) in [6.45, 7) is 11.0. The van der Waals surface area contributed by atoms with Gasteiger partial charge >= 0.3 is 0 Å².